The number of hydrogen-bond acceptors (Lipinski definition) is 2. The van der Waals surface area contributed by atoms with E-state index < -0.39 is 0 Å². The Kier molecular flexibility index (Phi) is 4.77. The van der Waals surface area contributed by atoms with Gasteiger partial charge in [0.1, 0.15) is 0 Å². The normalized spacial score (nSPS) is 34.5. The average molecular weight is 445 g/mol. The van der Waals surface area contributed by atoms with Crippen LogP contribution < -0.4 is 5.32 Å². The van der Waals surface area contributed by atoms with Gasteiger partial charge in [0.05, 0.1) is 0 Å². The van der Waals surface area contributed by atoms with Crippen LogP contribution in [0.3, 0.4) is 0 Å². The van der Waals surface area contributed by atoms with Gasteiger partial charge < -0.3 is 10.2 Å². The Labute approximate surface area is 175 Å². The van der Waals surface area contributed by atoms with Crippen LogP contribution in [0.5, 0.6) is 0 Å². The molecule has 0 atom stereocenters. The number of carbonyl (C=O) groups is 2. The fourth-order valence-electron chi connectivity index (χ4n) is 6.73. The molecule has 4 saturated carbocycles. The van der Waals surface area contributed by atoms with Gasteiger partial charge in [0, 0.05) is 34.6 Å². The highest BCUT2D eigenvalue weighted by atomic mass is 79.9. The van der Waals surface area contributed by atoms with E-state index in [1.165, 1.54) is 19.3 Å². The zero-order valence-electron chi connectivity index (χ0n) is 16.3. The topological polar surface area (TPSA) is 49.4 Å². The Morgan fingerprint density at radius 3 is 2.00 bits per heavy atom. The van der Waals surface area contributed by atoms with Crippen LogP contribution >= 0.6 is 15.9 Å². The zero-order valence-corrected chi connectivity index (χ0v) is 17.9. The van der Waals surface area contributed by atoms with Gasteiger partial charge in [-0.05, 0) is 93.4 Å². The van der Waals surface area contributed by atoms with Crippen molar-refractivity contribution in [2.45, 2.75) is 57.4 Å². The van der Waals surface area contributed by atoms with Gasteiger partial charge in [0.2, 0.25) is 5.91 Å². The summed E-state index contributed by atoms with van der Waals surface area (Å²) in [6, 6.07) is 7.77. The summed E-state index contributed by atoms with van der Waals surface area (Å²) in [5.74, 6) is 2.80. The summed E-state index contributed by atoms with van der Waals surface area (Å²) in [4.78, 5) is 27.9. The van der Waals surface area contributed by atoms with Gasteiger partial charge in [-0.25, -0.2) is 0 Å². The Balaban J connectivity index is 1.17. The summed E-state index contributed by atoms with van der Waals surface area (Å²) in [6.07, 6.45) is 9.17. The van der Waals surface area contributed by atoms with Gasteiger partial charge in [-0.1, -0.05) is 15.9 Å². The van der Waals surface area contributed by atoms with Crippen LogP contribution in [0.15, 0.2) is 28.7 Å². The van der Waals surface area contributed by atoms with E-state index in [2.05, 4.69) is 21.2 Å². The fourth-order valence-corrected chi connectivity index (χ4v) is 6.99. The first kappa shape index (κ1) is 18.7. The second kappa shape index (κ2) is 7.16. The molecule has 5 aliphatic rings. The van der Waals surface area contributed by atoms with Crippen molar-refractivity contribution in [3.63, 3.8) is 0 Å². The van der Waals surface area contributed by atoms with Gasteiger partial charge in [-0.2, -0.15) is 0 Å². The smallest absolute Gasteiger partial charge is 0.253 e. The summed E-state index contributed by atoms with van der Waals surface area (Å²) >= 11 is 3.41. The molecule has 6 rings (SSSR count). The van der Waals surface area contributed by atoms with Crippen LogP contribution in [-0.2, 0) is 4.79 Å². The first-order valence-electron chi connectivity index (χ1n) is 10.9. The third-order valence-corrected chi connectivity index (χ3v) is 8.26. The Morgan fingerprint density at radius 1 is 0.929 bits per heavy atom. The first-order chi connectivity index (χ1) is 13.5. The predicted octanol–water partition coefficient (Wildman–Crippen LogP) is 4.39. The van der Waals surface area contributed by atoms with Crippen LogP contribution in [0.25, 0.3) is 0 Å². The Hall–Kier alpha value is -1.36. The van der Waals surface area contributed by atoms with E-state index >= 15 is 0 Å². The number of carbonyl (C=O) groups excluding carboxylic acids is 2. The number of piperidine rings is 1. The number of amides is 2. The maximum atomic E-state index is 13.2. The van der Waals surface area contributed by atoms with Crippen LogP contribution in [0.4, 0.5) is 0 Å². The first-order valence-corrected chi connectivity index (χ1v) is 11.7. The SMILES string of the molecule is O=C(c1ccc(Br)cc1)N1CCC(NC(=O)C23CC4CC(CC(C4)C2)C3)CC1. The average Bonchev–Trinajstić information content (AvgIpc) is 2.67. The van der Waals surface area contributed by atoms with Crippen molar-refractivity contribution in [1.29, 1.82) is 0 Å². The standard InChI is InChI=1S/C23H29BrN2O2/c24-19-3-1-18(2-4-19)21(27)26-7-5-20(6-8-26)25-22(28)23-12-15-9-16(13-23)11-17(10-15)14-23/h1-4,15-17,20H,5-14H2,(H,25,28). The summed E-state index contributed by atoms with van der Waals surface area (Å²) in [5, 5.41) is 3.40. The van der Waals surface area contributed by atoms with Crippen molar-refractivity contribution in [2.75, 3.05) is 13.1 Å². The molecule has 1 saturated heterocycles. The quantitative estimate of drug-likeness (QED) is 0.751. The molecule has 1 heterocycles. The van der Waals surface area contributed by atoms with Crippen molar-refractivity contribution in [3.05, 3.63) is 34.3 Å². The summed E-state index contributed by atoms with van der Waals surface area (Å²) in [5.41, 5.74) is 0.665. The van der Waals surface area contributed by atoms with Gasteiger partial charge in [0.25, 0.3) is 5.91 Å². The van der Waals surface area contributed by atoms with Crippen LogP contribution in [0.1, 0.15) is 61.7 Å². The number of likely N-dealkylation sites (tertiary alicyclic amines) is 1. The maximum Gasteiger partial charge on any atom is 0.253 e. The molecule has 1 aromatic carbocycles. The highest BCUT2D eigenvalue weighted by Gasteiger charge is 2.54. The lowest BCUT2D eigenvalue weighted by molar-refractivity contribution is -0.147. The van der Waals surface area contributed by atoms with E-state index in [1.54, 1.807) is 0 Å². The molecule has 4 nitrogen and oxygen atoms in total. The number of benzene rings is 1. The second-order valence-electron chi connectivity index (χ2n) is 9.74. The third-order valence-electron chi connectivity index (χ3n) is 7.73. The van der Waals surface area contributed by atoms with E-state index in [9.17, 15) is 9.59 Å². The number of rotatable bonds is 3. The predicted molar refractivity (Wildman–Crippen MR) is 112 cm³/mol. The second-order valence-corrected chi connectivity index (χ2v) is 10.7. The largest absolute Gasteiger partial charge is 0.353 e. The minimum atomic E-state index is -0.0703. The minimum absolute atomic E-state index is 0.0703. The molecule has 4 bridgehead atoms. The summed E-state index contributed by atoms with van der Waals surface area (Å²) in [6.45, 7) is 1.45. The highest BCUT2D eigenvalue weighted by molar-refractivity contribution is 9.10. The molecule has 0 aromatic heterocycles. The number of nitrogens with zero attached hydrogens (tertiary/aromatic N) is 1. The van der Waals surface area contributed by atoms with Crippen molar-refractivity contribution >= 4 is 27.7 Å². The number of nitrogens with one attached hydrogen (secondary N) is 1. The molecule has 0 radical (unpaired) electrons. The molecule has 4 aliphatic carbocycles. The Morgan fingerprint density at radius 2 is 1.46 bits per heavy atom. The molecule has 1 aliphatic heterocycles. The third kappa shape index (κ3) is 3.40. The molecule has 0 spiro atoms. The fraction of sp³-hybridized carbons (Fsp3) is 0.652. The summed E-state index contributed by atoms with van der Waals surface area (Å²) < 4.78 is 0.982. The van der Waals surface area contributed by atoms with Crippen molar-refractivity contribution in [3.8, 4) is 0 Å². The molecule has 150 valence electrons. The number of hydrogen-bond donors (Lipinski definition) is 1. The summed E-state index contributed by atoms with van der Waals surface area (Å²) in [7, 11) is 0. The molecule has 1 aromatic rings. The maximum absolute atomic E-state index is 13.2. The van der Waals surface area contributed by atoms with Crippen LogP contribution in [0.2, 0.25) is 0 Å². The van der Waals surface area contributed by atoms with Crippen LogP contribution in [0, 0.1) is 23.2 Å². The van der Waals surface area contributed by atoms with Gasteiger partial charge >= 0.3 is 0 Å². The molecular weight excluding hydrogens is 416 g/mol. The Bertz CT molecular complexity index is 732. The van der Waals surface area contributed by atoms with E-state index in [1.807, 2.05) is 29.2 Å². The van der Waals surface area contributed by atoms with Crippen molar-refractivity contribution in [1.82, 2.24) is 10.2 Å². The van der Waals surface area contributed by atoms with Crippen molar-refractivity contribution < 1.29 is 9.59 Å². The minimum Gasteiger partial charge on any atom is -0.353 e. The van der Waals surface area contributed by atoms with Gasteiger partial charge in [-0.3, -0.25) is 9.59 Å². The molecule has 5 heteroatoms. The van der Waals surface area contributed by atoms with Gasteiger partial charge in [-0.15, -0.1) is 0 Å². The molecule has 2 amide bonds. The lowest BCUT2D eigenvalue weighted by Gasteiger charge is -2.56. The van der Waals surface area contributed by atoms with E-state index in [-0.39, 0.29) is 17.4 Å². The van der Waals surface area contributed by atoms with Crippen molar-refractivity contribution in [2.24, 2.45) is 23.2 Å². The molecular formula is C23H29BrN2O2. The van der Waals surface area contributed by atoms with E-state index in [0.717, 1.165) is 73.0 Å². The van der Waals surface area contributed by atoms with E-state index in [4.69, 9.17) is 0 Å². The van der Waals surface area contributed by atoms with Crippen LogP contribution in [-0.4, -0.2) is 35.8 Å². The lowest BCUT2D eigenvalue weighted by atomic mass is 9.49. The van der Waals surface area contributed by atoms with E-state index in [0.29, 0.717) is 5.91 Å². The highest BCUT2D eigenvalue weighted by Crippen LogP contribution is 2.60. The monoisotopic (exact) mass is 444 g/mol. The molecule has 0 unspecified atom stereocenters. The lowest BCUT2D eigenvalue weighted by Crippen LogP contribution is -2.56. The zero-order chi connectivity index (χ0) is 19.3. The molecule has 1 N–H and O–H groups in total. The van der Waals surface area contributed by atoms with Gasteiger partial charge in [0.15, 0.2) is 0 Å². The molecule has 5 fully saturated rings. The molecule has 28 heavy (non-hydrogen) atoms. The number of halogens is 1.